The van der Waals surface area contributed by atoms with Crippen molar-refractivity contribution in [1.29, 1.82) is 0 Å². The van der Waals surface area contributed by atoms with Crippen molar-refractivity contribution in [3.63, 3.8) is 0 Å². The van der Waals surface area contributed by atoms with Gasteiger partial charge in [0.1, 0.15) is 5.82 Å². The van der Waals surface area contributed by atoms with Crippen LogP contribution < -0.4 is 5.32 Å². The van der Waals surface area contributed by atoms with Crippen molar-refractivity contribution in [1.82, 2.24) is 10.2 Å². The minimum atomic E-state index is -0.186. The van der Waals surface area contributed by atoms with E-state index in [1.807, 2.05) is 12.1 Å². The Morgan fingerprint density at radius 1 is 0.815 bits per heavy atom. The van der Waals surface area contributed by atoms with E-state index in [-0.39, 0.29) is 5.82 Å². The second-order valence-electron chi connectivity index (χ2n) is 7.27. The first-order chi connectivity index (χ1) is 13.3. The summed E-state index contributed by atoms with van der Waals surface area (Å²) in [4.78, 5) is 2.53. The topological polar surface area (TPSA) is 15.3 Å². The zero-order chi connectivity index (χ0) is 18.5. The summed E-state index contributed by atoms with van der Waals surface area (Å²) in [5, 5.41) is 3.54. The van der Waals surface area contributed by atoms with Crippen LogP contribution in [0.3, 0.4) is 0 Å². The summed E-state index contributed by atoms with van der Waals surface area (Å²) in [5.74, 6) is -0.186. The molecular weight excluding hydrogens is 335 g/mol. The second kappa shape index (κ2) is 8.47. The number of nitrogens with zero attached hydrogens (tertiary/aromatic N) is 1. The van der Waals surface area contributed by atoms with Crippen LogP contribution in [-0.4, -0.2) is 17.6 Å². The van der Waals surface area contributed by atoms with Gasteiger partial charge in [-0.2, -0.15) is 0 Å². The fourth-order valence-electron chi connectivity index (χ4n) is 3.86. The van der Waals surface area contributed by atoms with Gasteiger partial charge in [-0.25, -0.2) is 4.39 Å². The van der Waals surface area contributed by atoms with E-state index in [0.29, 0.717) is 6.04 Å². The van der Waals surface area contributed by atoms with Crippen LogP contribution >= 0.6 is 0 Å². The van der Waals surface area contributed by atoms with Crippen molar-refractivity contribution < 1.29 is 4.39 Å². The molecule has 0 aliphatic carbocycles. The average Bonchev–Trinajstić information content (AvgIpc) is 2.70. The van der Waals surface area contributed by atoms with E-state index in [1.165, 1.54) is 28.8 Å². The molecule has 1 aliphatic rings. The molecule has 3 aromatic carbocycles. The lowest BCUT2D eigenvalue weighted by atomic mass is 9.90. The summed E-state index contributed by atoms with van der Waals surface area (Å²) in [7, 11) is 0. The number of halogens is 1. The van der Waals surface area contributed by atoms with Crippen molar-refractivity contribution in [2.45, 2.75) is 32.0 Å². The summed E-state index contributed by atoms with van der Waals surface area (Å²) in [6.45, 7) is 2.53. The molecule has 3 heteroatoms. The zero-order valence-electron chi connectivity index (χ0n) is 15.4. The van der Waals surface area contributed by atoms with Crippen LogP contribution in [0.2, 0.25) is 0 Å². The Bertz CT molecular complexity index is 861. The van der Waals surface area contributed by atoms with Gasteiger partial charge in [0.2, 0.25) is 0 Å². The van der Waals surface area contributed by atoms with E-state index in [9.17, 15) is 4.39 Å². The standard InChI is InChI=1S/C24H25FN2/c25-23-12-10-20(11-13-23)16-26-18-27-17-22-9-5-4-8-21(22)15-24(27)14-19-6-2-1-3-7-19/h1-13,24,26H,14-18H2. The lowest BCUT2D eigenvalue weighted by Gasteiger charge is -2.37. The van der Waals surface area contributed by atoms with E-state index in [2.05, 4.69) is 64.8 Å². The molecule has 0 aromatic heterocycles. The van der Waals surface area contributed by atoms with E-state index in [1.54, 1.807) is 0 Å². The van der Waals surface area contributed by atoms with E-state index < -0.39 is 0 Å². The highest BCUT2D eigenvalue weighted by Gasteiger charge is 2.25. The maximum atomic E-state index is 13.1. The Morgan fingerprint density at radius 3 is 2.30 bits per heavy atom. The molecule has 27 heavy (non-hydrogen) atoms. The molecule has 1 unspecified atom stereocenters. The number of nitrogens with one attached hydrogen (secondary N) is 1. The Morgan fingerprint density at radius 2 is 1.52 bits per heavy atom. The highest BCUT2D eigenvalue weighted by Crippen LogP contribution is 2.25. The monoisotopic (exact) mass is 360 g/mol. The summed E-state index contributed by atoms with van der Waals surface area (Å²) in [6, 6.07) is 26.7. The van der Waals surface area contributed by atoms with Gasteiger partial charge < -0.3 is 5.32 Å². The highest BCUT2D eigenvalue weighted by molar-refractivity contribution is 5.31. The van der Waals surface area contributed by atoms with Gasteiger partial charge in [-0.3, -0.25) is 4.90 Å². The van der Waals surface area contributed by atoms with Gasteiger partial charge in [0.25, 0.3) is 0 Å². The molecule has 2 nitrogen and oxygen atoms in total. The summed E-state index contributed by atoms with van der Waals surface area (Å²) in [5.41, 5.74) is 5.37. The smallest absolute Gasteiger partial charge is 0.123 e. The van der Waals surface area contributed by atoms with Gasteiger partial charge >= 0.3 is 0 Å². The Kier molecular flexibility index (Phi) is 5.61. The molecule has 1 N–H and O–H groups in total. The average molecular weight is 360 g/mol. The third kappa shape index (κ3) is 4.62. The molecule has 0 saturated carbocycles. The summed E-state index contributed by atoms with van der Waals surface area (Å²) in [6.07, 6.45) is 2.12. The molecule has 1 atom stereocenters. The highest BCUT2D eigenvalue weighted by atomic mass is 19.1. The maximum Gasteiger partial charge on any atom is 0.123 e. The quantitative estimate of drug-likeness (QED) is 0.694. The summed E-state index contributed by atoms with van der Waals surface area (Å²) >= 11 is 0. The Hall–Kier alpha value is -2.49. The fraction of sp³-hybridized carbons (Fsp3) is 0.250. The van der Waals surface area contributed by atoms with Crippen molar-refractivity contribution in [3.05, 3.63) is 107 Å². The normalized spacial score (nSPS) is 16.9. The Labute approximate surface area is 160 Å². The van der Waals surface area contributed by atoms with Crippen LogP contribution in [0, 0.1) is 5.82 Å². The first-order valence-corrected chi connectivity index (χ1v) is 9.58. The summed E-state index contributed by atoms with van der Waals surface area (Å²) < 4.78 is 13.1. The molecule has 138 valence electrons. The third-order valence-electron chi connectivity index (χ3n) is 5.34. The predicted octanol–water partition coefficient (Wildman–Crippen LogP) is 4.54. The SMILES string of the molecule is Fc1ccc(CNCN2Cc3ccccc3CC2Cc2ccccc2)cc1. The number of rotatable bonds is 6. The van der Waals surface area contributed by atoms with Crippen molar-refractivity contribution in [2.24, 2.45) is 0 Å². The number of benzene rings is 3. The molecule has 0 saturated heterocycles. The molecule has 1 aliphatic heterocycles. The van der Waals surface area contributed by atoms with Crippen molar-refractivity contribution in [3.8, 4) is 0 Å². The molecule has 0 fully saturated rings. The van der Waals surface area contributed by atoms with E-state index >= 15 is 0 Å². The first-order valence-electron chi connectivity index (χ1n) is 9.58. The van der Waals surface area contributed by atoms with Crippen LogP contribution in [0.1, 0.15) is 22.3 Å². The lowest BCUT2D eigenvalue weighted by Crippen LogP contribution is -2.46. The van der Waals surface area contributed by atoms with Crippen LogP contribution in [0.4, 0.5) is 4.39 Å². The van der Waals surface area contributed by atoms with Crippen LogP contribution in [0.5, 0.6) is 0 Å². The van der Waals surface area contributed by atoms with Gasteiger partial charge in [0, 0.05) is 25.8 Å². The number of hydrogen-bond donors (Lipinski definition) is 1. The molecule has 0 amide bonds. The van der Waals surface area contributed by atoms with Gasteiger partial charge in [0.15, 0.2) is 0 Å². The molecule has 1 heterocycles. The second-order valence-corrected chi connectivity index (χ2v) is 7.27. The lowest BCUT2D eigenvalue weighted by molar-refractivity contribution is 0.155. The van der Waals surface area contributed by atoms with Crippen LogP contribution in [-0.2, 0) is 25.9 Å². The van der Waals surface area contributed by atoms with Crippen LogP contribution in [0.15, 0.2) is 78.9 Å². The van der Waals surface area contributed by atoms with Crippen LogP contribution in [0.25, 0.3) is 0 Å². The molecule has 0 radical (unpaired) electrons. The van der Waals surface area contributed by atoms with E-state index in [4.69, 9.17) is 0 Å². The fourth-order valence-corrected chi connectivity index (χ4v) is 3.86. The van der Waals surface area contributed by atoms with E-state index in [0.717, 1.165) is 38.2 Å². The number of hydrogen-bond acceptors (Lipinski definition) is 2. The minimum Gasteiger partial charge on any atom is -0.300 e. The van der Waals surface area contributed by atoms with Gasteiger partial charge in [-0.15, -0.1) is 0 Å². The largest absolute Gasteiger partial charge is 0.300 e. The molecule has 0 spiro atoms. The van der Waals surface area contributed by atoms with Gasteiger partial charge in [-0.1, -0.05) is 66.7 Å². The first kappa shape index (κ1) is 17.9. The van der Waals surface area contributed by atoms with Crippen molar-refractivity contribution >= 4 is 0 Å². The minimum absolute atomic E-state index is 0.186. The maximum absolute atomic E-state index is 13.1. The molecule has 3 aromatic rings. The Balaban J connectivity index is 1.44. The van der Waals surface area contributed by atoms with Crippen molar-refractivity contribution in [2.75, 3.05) is 6.67 Å². The van der Waals surface area contributed by atoms with Gasteiger partial charge in [-0.05, 0) is 47.2 Å². The number of fused-ring (bicyclic) bond motifs is 1. The molecule has 0 bridgehead atoms. The zero-order valence-corrected chi connectivity index (χ0v) is 15.4. The molecular formula is C24H25FN2. The third-order valence-corrected chi connectivity index (χ3v) is 5.34. The molecule has 4 rings (SSSR count). The predicted molar refractivity (Wildman–Crippen MR) is 108 cm³/mol. The van der Waals surface area contributed by atoms with Gasteiger partial charge in [0.05, 0.1) is 0 Å².